The first-order valence-electron chi connectivity index (χ1n) is 5.67. The Morgan fingerprint density at radius 2 is 2.22 bits per heavy atom. The van der Waals surface area contributed by atoms with Gasteiger partial charge in [-0.25, -0.2) is 4.79 Å². The van der Waals surface area contributed by atoms with Crippen LogP contribution < -0.4 is 16.4 Å². The molecule has 0 saturated heterocycles. The molecule has 0 radical (unpaired) electrons. The molecule has 0 aliphatic carbocycles. The number of carboxylic acid groups (broad SMARTS) is 1. The number of nitrogens with one attached hydrogen (secondary N) is 2. The summed E-state index contributed by atoms with van der Waals surface area (Å²) in [5.74, 6) is -0.971. The van der Waals surface area contributed by atoms with E-state index in [1.54, 1.807) is 0 Å². The van der Waals surface area contributed by atoms with Gasteiger partial charge in [0.15, 0.2) is 0 Å². The zero-order chi connectivity index (χ0) is 13.8. The molecule has 0 spiro atoms. The SMILES string of the molecule is CNC(=O)ON=CCNCCCC[C@H](N)C(=O)O. The normalized spacial score (nSPS) is 12.3. The van der Waals surface area contributed by atoms with E-state index in [4.69, 9.17) is 10.8 Å². The zero-order valence-electron chi connectivity index (χ0n) is 10.4. The number of amides is 1. The van der Waals surface area contributed by atoms with E-state index in [1.807, 2.05) is 0 Å². The minimum atomic E-state index is -0.971. The minimum Gasteiger partial charge on any atom is -0.480 e. The van der Waals surface area contributed by atoms with E-state index in [-0.39, 0.29) is 0 Å². The van der Waals surface area contributed by atoms with E-state index in [0.717, 1.165) is 19.4 Å². The summed E-state index contributed by atoms with van der Waals surface area (Å²) >= 11 is 0. The van der Waals surface area contributed by atoms with Crippen LogP contribution in [-0.2, 0) is 9.63 Å². The molecule has 8 heteroatoms. The summed E-state index contributed by atoms with van der Waals surface area (Å²) < 4.78 is 0. The zero-order valence-corrected chi connectivity index (χ0v) is 10.4. The summed E-state index contributed by atoms with van der Waals surface area (Å²) in [7, 11) is 1.44. The van der Waals surface area contributed by atoms with Crippen LogP contribution in [0.15, 0.2) is 5.16 Å². The van der Waals surface area contributed by atoms with Gasteiger partial charge >= 0.3 is 12.1 Å². The molecule has 0 aromatic carbocycles. The standard InChI is InChI=1S/C10H20N4O4/c1-12-10(17)18-14-7-6-13-5-3-2-4-8(11)9(15)16/h7-8,13H,2-6,11H2,1H3,(H,12,17)(H,15,16)/t8-/m0/s1. The van der Waals surface area contributed by atoms with Gasteiger partial charge in [-0.2, -0.15) is 0 Å². The highest BCUT2D eigenvalue weighted by molar-refractivity contribution is 5.72. The summed E-state index contributed by atoms with van der Waals surface area (Å²) in [5, 5.41) is 17.2. The van der Waals surface area contributed by atoms with Crippen molar-refractivity contribution in [3.63, 3.8) is 0 Å². The third kappa shape index (κ3) is 9.55. The maximum Gasteiger partial charge on any atom is 0.433 e. The number of carboxylic acids is 1. The molecule has 8 nitrogen and oxygen atoms in total. The molecule has 0 unspecified atom stereocenters. The monoisotopic (exact) mass is 260 g/mol. The number of rotatable bonds is 9. The Labute approximate surface area is 106 Å². The second-order valence-corrected chi connectivity index (χ2v) is 3.56. The topological polar surface area (TPSA) is 126 Å². The largest absolute Gasteiger partial charge is 0.480 e. The molecule has 0 aliphatic heterocycles. The van der Waals surface area contributed by atoms with Gasteiger partial charge in [-0.1, -0.05) is 11.6 Å². The van der Waals surface area contributed by atoms with E-state index >= 15 is 0 Å². The Kier molecular flexibility index (Phi) is 9.51. The Hall–Kier alpha value is -1.67. The molecule has 1 amide bonds. The van der Waals surface area contributed by atoms with E-state index in [9.17, 15) is 9.59 Å². The molecule has 0 heterocycles. The second-order valence-electron chi connectivity index (χ2n) is 3.56. The maximum atomic E-state index is 10.6. The van der Waals surface area contributed by atoms with Gasteiger partial charge in [-0.05, 0) is 19.4 Å². The number of aliphatic carboxylic acids is 1. The van der Waals surface area contributed by atoms with Crippen LogP contribution in [0.4, 0.5) is 4.79 Å². The fourth-order valence-electron chi connectivity index (χ4n) is 1.07. The van der Waals surface area contributed by atoms with Crippen molar-refractivity contribution in [2.75, 3.05) is 20.1 Å². The van der Waals surface area contributed by atoms with E-state index < -0.39 is 18.1 Å². The highest BCUT2D eigenvalue weighted by Crippen LogP contribution is 1.97. The van der Waals surface area contributed by atoms with Gasteiger partial charge in [-0.15, -0.1) is 0 Å². The second kappa shape index (κ2) is 10.5. The average molecular weight is 260 g/mol. The number of nitrogens with two attached hydrogens (primary N) is 1. The summed E-state index contributed by atoms with van der Waals surface area (Å²) in [6, 6.07) is -0.785. The number of oxime groups is 1. The Bertz CT molecular complexity index is 283. The molecular formula is C10H20N4O4. The Balaban J connectivity index is 3.31. The van der Waals surface area contributed by atoms with Crippen molar-refractivity contribution in [3.8, 4) is 0 Å². The van der Waals surface area contributed by atoms with Crippen LogP contribution in [0.3, 0.4) is 0 Å². The van der Waals surface area contributed by atoms with Gasteiger partial charge in [0, 0.05) is 13.6 Å². The molecule has 0 saturated carbocycles. The van der Waals surface area contributed by atoms with Gasteiger partial charge in [0.2, 0.25) is 0 Å². The highest BCUT2D eigenvalue weighted by Gasteiger charge is 2.09. The van der Waals surface area contributed by atoms with Crippen molar-refractivity contribution in [2.24, 2.45) is 10.9 Å². The third-order valence-corrected chi connectivity index (χ3v) is 2.09. The quantitative estimate of drug-likeness (QED) is 0.192. The summed E-state index contributed by atoms with van der Waals surface area (Å²) in [6.07, 6.45) is 2.84. The minimum absolute atomic E-state index is 0.463. The fraction of sp³-hybridized carbons (Fsp3) is 0.700. The van der Waals surface area contributed by atoms with Crippen molar-refractivity contribution in [1.29, 1.82) is 0 Å². The van der Waals surface area contributed by atoms with E-state index in [0.29, 0.717) is 13.0 Å². The first-order valence-corrected chi connectivity index (χ1v) is 5.67. The number of nitrogens with zero attached hydrogens (tertiary/aromatic N) is 1. The molecule has 0 aromatic heterocycles. The molecular weight excluding hydrogens is 240 g/mol. The van der Waals surface area contributed by atoms with Crippen LogP contribution in [0.2, 0.25) is 0 Å². The fourth-order valence-corrected chi connectivity index (χ4v) is 1.07. The molecule has 18 heavy (non-hydrogen) atoms. The number of carbonyl (C=O) groups excluding carboxylic acids is 1. The van der Waals surface area contributed by atoms with Gasteiger partial charge in [0.05, 0.1) is 6.21 Å². The van der Waals surface area contributed by atoms with Crippen LogP contribution in [0.5, 0.6) is 0 Å². The first kappa shape index (κ1) is 16.3. The van der Waals surface area contributed by atoms with Gasteiger partial charge in [0.25, 0.3) is 0 Å². The smallest absolute Gasteiger partial charge is 0.433 e. The maximum absolute atomic E-state index is 10.6. The van der Waals surface area contributed by atoms with Crippen LogP contribution in [0.1, 0.15) is 19.3 Å². The predicted molar refractivity (Wildman–Crippen MR) is 66.4 cm³/mol. The Morgan fingerprint density at radius 3 is 2.83 bits per heavy atom. The molecule has 0 rings (SSSR count). The molecule has 0 aromatic rings. The Morgan fingerprint density at radius 1 is 1.50 bits per heavy atom. The van der Waals surface area contributed by atoms with Gasteiger partial charge < -0.3 is 21.5 Å². The number of hydrogen-bond acceptors (Lipinski definition) is 6. The first-order chi connectivity index (χ1) is 8.57. The van der Waals surface area contributed by atoms with Crippen LogP contribution in [-0.4, -0.2) is 49.6 Å². The van der Waals surface area contributed by atoms with Gasteiger partial charge in [-0.3, -0.25) is 9.63 Å². The summed E-state index contributed by atoms with van der Waals surface area (Å²) in [5.41, 5.74) is 5.34. The number of hydrogen-bond donors (Lipinski definition) is 4. The van der Waals surface area contributed by atoms with Crippen LogP contribution in [0, 0.1) is 0 Å². The van der Waals surface area contributed by atoms with Crippen molar-refractivity contribution in [3.05, 3.63) is 0 Å². The van der Waals surface area contributed by atoms with Gasteiger partial charge in [0.1, 0.15) is 6.04 Å². The predicted octanol–water partition coefficient (Wildman–Crippen LogP) is -0.500. The van der Waals surface area contributed by atoms with Crippen molar-refractivity contribution in [2.45, 2.75) is 25.3 Å². The van der Waals surface area contributed by atoms with Crippen LogP contribution >= 0.6 is 0 Å². The van der Waals surface area contributed by atoms with E-state index in [2.05, 4.69) is 20.6 Å². The molecule has 0 fully saturated rings. The summed E-state index contributed by atoms with van der Waals surface area (Å²) in [4.78, 5) is 25.4. The third-order valence-electron chi connectivity index (χ3n) is 2.09. The molecule has 5 N–H and O–H groups in total. The highest BCUT2D eigenvalue weighted by atomic mass is 16.7. The average Bonchev–Trinajstić information content (AvgIpc) is 2.35. The lowest BCUT2D eigenvalue weighted by Crippen LogP contribution is -2.30. The van der Waals surface area contributed by atoms with Crippen molar-refractivity contribution >= 4 is 18.3 Å². The lowest BCUT2D eigenvalue weighted by molar-refractivity contribution is -0.138. The number of unbranched alkanes of at least 4 members (excludes halogenated alkanes) is 1. The van der Waals surface area contributed by atoms with Crippen molar-refractivity contribution < 1.29 is 19.5 Å². The lowest BCUT2D eigenvalue weighted by atomic mass is 10.1. The van der Waals surface area contributed by atoms with Crippen molar-refractivity contribution in [1.82, 2.24) is 10.6 Å². The van der Waals surface area contributed by atoms with E-state index in [1.165, 1.54) is 13.3 Å². The molecule has 0 aliphatic rings. The molecule has 104 valence electrons. The number of carbonyl (C=O) groups is 2. The molecule has 1 atom stereocenters. The molecule has 0 bridgehead atoms. The summed E-state index contributed by atoms with van der Waals surface area (Å²) in [6.45, 7) is 1.19. The lowest BCUT2D eigenvalue weighted by Gasteiger charge is -2.05. The van der Waals surface area contributed by atoms with Crippen LogP contribution in [0.25, 0.3) is 0 Å².